The summed E-state index contributed by atoms with van der Waals surface area (Å²) in [6, 6.07) is 6.27. The van der Waals surface area contributed by atoms with Gasteiger partial charge in [-0.15, -0.1) is 0 Å². The molecule has 0 radical (unpaired) electrons. The van der Waals surface area contributed by atoms with Crippen LogP contribution in [0.15, 0.2) is 28.7 Å². The van der Waals surface area contributed by atoms with E-state index in [4.69, 9.17) is 10.3 Å². The highest BCUT2D eigenvalue weighted by Crippen LogP contribution is 2.32. The van der Waals surface area contributed by atoms with Gasteiger partial charge < -0.3 is 4.42 Å². The van der Waals surface area contributed by atoms with Gasteiger partial charge in [0, 0.05) is 5.39 Å². The summed E-state index contributed by atoms with van der Waals surface area (Å²) in [5, 5.41) is 0.763. The predicted molar refractivity (Wildman–Crippen MR) is 70.3 cm³/mol. The molecule has 18 heavy (non-hydrogen) atoms. The molecule has 0 aliphatic heterocycles. The molecule has 4 heteroatoms. The quantitative estimate of drug-likeness (QED) is 0.647. The highest BCUT2D eigenvalue weighted by Gasteiger charge is 2.22. The van der Waals surface area contributed by atoms with Crippen LogP contribution in [0.1, 0.15) is 39.0 Å². The maximum Gasteiger partial charge on any atom is 0.134 e. The van der Waals surface area contributed by atoms with Crippen molar-refractivity contribution in [3.63, 3.8) is 0 Å². The number of nitrogens with two attached hydrogens (primary N) is 1. The molecule has 2 aromatic rings. The number of hydrogen-bond donors (Lipinski definition) is 2. The summed E-state index contributed by atoms with van der Waals surface area (Å²) in [5.41, 5.74) is 3.57. The number of halogens is 1. The number of fused-ring (bicyclic) bond motifs is 1. The zero-order chi connectivity index (χ0) is 13.3. The number of furan rings is 1. The number of rotatable bonds is 3. The second-order valence-corrected chi connectivity index (χ2v) is 5.81. The fourth-order valence-corrected chi connectivity index (χ4v) is 2.06. The van der Waals surface area contributed by atoms with Crippen LogP contribution in [0.25, 0.3) is 11.0 Å². The van der Waals surface area contributed by atoms with E-state index >= 15 is 0 Å². The Labute approximate surface area is 106 Å². The minimum atomic E-state index is -0.261. The van der Waals surface area contributed by atoms with Gasteiger partial charge in [0.15, 0.2) is 0 Å². The van der Waals surface area contributed by atoms with Crippen LogP contribution in [0.5, 0.6) is 0 Å². The summed E-state index contributed by atoms with van der Waals surface area (Å²) < 4.78 is 18.8. The van der Waals surface area contributed by atoms with Crippen molar-refractivity contribution in [3.05, 3.63) is 35.8 Å². The molecule has 0 aliphatic rings. The van der Waals surface area contributed by atoms with E-state index < -0.39 is 0 Å². The van der Waals surface area contributed by atoms with Gasteiger partial charge in [0.2, 0.25) is 0 Å². The first-order valence-electron chi connectivity index (χ1n) is 6.04. The summed E-state index contributed by atoms with van der Waals surface area (Å²) in [5.74, 6) is 6.06. The topological polar surface area (TPSA) is 51.2 Å². The van der Waals surface area contributed by atoms with E-state index in [0.717, 1.165) is 17.6 Å². The molecule has 0 saturated heterocycles. The van der Waals surface area contributed by atoms with E-state index in [2.05, 4.69) is 26.2 Å². The molecule has 1 aromatic heterocycles. The van der Waals surface area contributed by atoms with Crippen molar-refractivity contribution in [1.82, 2.24) is 5.43 Å². The second-order valence-electron chi connectivity index (χ2n) is 5.81. The van der Waals surface area contributed by atoms with Crippen LogP contribution >= 0.6 is 0 Å². The maximum atomic E-state index is 13.1. The lowest BCUT2D eigenvalue weighted by Gasteiger charge is -2.23. The van der Waals surface area contributed by atoms with Crippen LogP contribution in [0, 0.1) is 11.2 Å². The first-order valence-corrected chi connectivity index (χ1v) is 6.04. The average molecular weight is 250 g/mol. The number of nitrogens with one attached hydrogen (secondary N) is 1. The molecule has 0 amide bonds. The molecule has 2 rings (SSSR count). The third-order valence-electron chi connectivity index (χ3n) is 2.86. The summed E-state index contributed by atoms with van der Waals surface area (Å²) >= 11 is 0. The van der Waals surface area contributed by atoms with Crippen molar-refractivity contribution >= 4 is 11.0 Å². The summed E-state index contributed by atoms with van der Waals surface area (Å²) in [7, 11) is 0. The van der Waals surface area contributed by atoms with Gasteiger partial charge in [-0.1, -0.05) is 20.8 Å². The lowest BCUT2D eigenvalue weighted by atomic mass is 9.87. The standard InChI is InChI=1S/C14H19FN2O/c1-14(2,3)8-11(17-16)13-7-9-6-10(15)4-5-12(9)18-13/h4-7,11,17H,8,16H2,1-3H3. The Morgan fingerprint density at radius 1 is 1.33 bits per heavy atom. The van der Waals surface area contributed by atoms with Crippen LogP contribution in [-0.2, 0) is 0 Å². The zero-order valence-corrected chi connectivity index (χ0v) is 11.0. The first kappa shape index (κ1) is 13.1. The molecule has 1 aromatic carbocycles. The monoisotopic (exact) mass is 250 g/mol. The first-order chi connectivity index (χ1) is 8.39. The van der Waals surface area contributed by atoms with Crippen molar-refractivity contribution in [2.45, 2.75) is 33.2 Å². The van der Waals surface area contributed by atoms with E-state index in [1.165, 1.54) is 12.1 Å². The highest BCUT2D eigenvalue weighted by molar-refractivity contribution is 5.78. The van der Waals surface area contributed by atoms with Crippen LogP contribution in [0.3, 0.4) is 0 Å². The fourth-order valence-electron chi connectivity index (χ4n) is 2.06. The second kappa shape index (κ2) is 4.71. The van der Waals surface area contributed by atoms with Gasteiger partial charge in [-0.2, -0.15) is 0 Å². The largest absolute Gasteiger partial charge is 0.459 e. The minimum Gasteiger partial charge on any atom is -0.459 e. The normalized spacial score (nSPS) is 14.1. The molecular weight excluding hydrogens is 231 g/mol. The van der Waals surface area contributed by atoms with Crippen molar-refractivity contribution in [2.75, 3.05) is 0 Å². The van der Waals surface area contributed by atoms with Crippen LogP contribution < -0.4 is 11.3 Å². The smallest absolute Gasteiger partial charge is 0.134 e. The van der Waals surface area contributed by atoms with E-state index in [1.807, 2.05) is 6.07 Å². The van der Waals surface area contributed by atoms with Crippen molar-refractivity contribution < 1.29 is 8.81 Å². The van der Waals surface area contributed by atoms with E-state index in [9.17, 15) is 4.39 Å². The number of benzene rings is 1. The highest BCUT2D eigenvalue weighted by atomic mass is 19.1. The number of hydrazine groups is 1. The molecule has 0 aliphatic carbocycles. The van der Waals surface area contributed by atoms with Gasteiger partial charge >= 0.3 is 0 Å². The molecule has 0 spiro atoms. The van der Waals surface area contributed by atoms with Gasteiger partial charge in [-0.3, -0.25) is 5.84 Å². The van der Waals surface area contributed by atoms with Gasteiger partial charge in [0.05, 0.1) is 6.04 Å². The molecule has 98 valence electrons. The van der Waals surface area contributed by atoms with E-state index in [0.29, 0.717) is 5.58 Å². The number of hydrogen-bond acceptors (Lipinski definition) is 3. The Hall–Kier alpha value is -1.39. The molecule has 1 unspecified atom stereocenters. The fraction of sp³-hybridized carbons (Fsp3) is 0.429. The zero-order valence-electron chi connectivity index (χ0n) is 11.0. The van der Waals surface area contributed by atoms with E-state index in [-0.39, 0.29) is 17.3 Å². The summed E-state index contributed by atoms with van der Waals surface area (Å²) in [6.07, 6.45) is 0.839. The van der Waals surface area contributed by atoms with Crippen LogP contribution in [0.2, 0.25) is 0 Å². The Morgan fingerprint density at radius 2 is 2.06 bits per heavy atom. The molecule has 0 bridgehead atoms. The van der Waals surface area contributed by atoms with Crippen molar-refractivity contribution in [1.29, 1.82) is 0 Å². The molecular formula is C14H19FN2O. The molecule has 3 N–H and O–H groups in total. The van der Waals surface area contributed by atoms with Crippen molar-refractivity contribution in [2.24, 2.45) is 11.3 Å². The Kier molecular flexibility index (Phi) is 3.41. The average Bonchev–Trinajstić information content (AvgIpc) is 2.67. The molecule has 1 atom stereocenters. The molecule has 0 fully saturated rings. The molecule has 1 heterocycles. The third-order valence-corrected chi connectivity index (χ3v) is 2.86. The minimum absolute atomic E-state index is 0.0690. The van der Waals surface area contributed by atoms with Gasteiger partial charge in [0.1, 0.15) is 17.2 Å². The van der Waals surface area contributed by atoms with Crippen molar-refractivity contribution in [3.8, 4) is 0 Å². The maximum absolute atomic E-state index is 13.1. The van der Waals surface area contributed by atoms with Gasteiger partial charge in [0.25, 0.3) is 0 Å². The lowest BCUT2D eigenvalue weighted by Crippen LogP contribution is -2.30. The molecule has 0 saturated carbocycles. The summed E-state index contributed by atoms with van der Waals surface area (Å²) in [6.45, 7) is 6.42. The van der Waals surface area contributed by atoms with Crippen LogP contribution in [-0.4, -0.2) is 0 Å². The predicted octanol–water partition coefficient (Wildman–Crippen LogP) is 3.51. The Bertz CT molecular complexity index is 542. The summed E-state index contributed by atoms with van der Waals surface area (Å²) in [4.78, 5) is 0. The third kappa shape index (κ3) is 2.89. The van der Waals surface area contributed by atoms with Gasteiger partial charge in [-0.05, 0) is 36.1 Å². The van der Waals surface area contributed by atoms with E-state index in [1.54, 1.807) is 6.07 Å². The molecule has 3 nitrogen and oxygen atoms in total. The Balaban J connectivity index is 2.34. The van der Waals surface area contributed by atoms with Crippen LogP contribution in [0.4, 0.5) is 4.39 Å². The van der Waals surface area contributed by atoms with Gasteiger partial charge in [-0.25, -0.2) is 9.82 Å². The lowest BCUT2D eigenvalue weighted by molar-refractivity contribution is 0.289. The Morgan fingerprint density at radius 3 is 2.67 bits per heavy atom. The SMILES string of the molecule is CC(C)(C)CC(NN)c1cc2cc(F)ccc2o1.